The molecule has 1 aliphatic heterocycles. The van der Waals surface area contributed by atoms with Crippen LogP contribution >= 0.6 is 0 Å². The van der Waals surface area contributed by atoms with Crippen molar-refractivity contribution < 1.29 is 14.6 Å². The van der Waals surface area contributed by atoms with Crippen molar-refractivity contribution in [1.29, 1.82) is 0 Å². The molecule has 1 fully saturated rings. The van der Waals surface area contributed by atoms with Gasteiger partial charge in [-0.15, -0.1) is 0 Å². The lowest BCUT2D eigenvalue weighted by molar-refractivity contribution is -0.131. The predicted molar refractivity (Wildman–Crippen MR) is 83.8 cm³/mol. The van der Waals surface area contributed by atoms with Crippen molar-refractivity contribution in [3.63, 3.8) is 0 Å². The molecule has 0 aromatic heterocycles. The molecule has 1 aliphatic rings. The summed E-state index contributed by atoms with van der Waals surface area (Å²) >= 11 is 0. The molecule has 1 N–H and O–H groups in total. The van der Waals surface area contributed by atoms with Gasteiger partial charge >= 0.3 is 5.97 Å². The third kappa shape index (κ3) is 4.60. The number of aryl methyl sites for hydroxylation is 2. The molecule has 1 aromatic carbocycles. The number of rotatable bonds is 6. The summed E-state index contributed by atoms with van der Waals surface area (Å²) in [5, 5.41) is 8.80. The Kier molecular flexibility index (Phi) is 5.39. The molecule has 0 atom stereocenters. The topological polar surface area (TPSA) is 49.8 Å². The van der Waals surface area contributed by atoms with E-state index in [1.165, 1.54) is 12.8 Å². The van der Waals surface area contributed by atoms with Crippen molar-refractivity contribution in [3.8, 4) is 5.75 Å². The van der Waals surface area contributed by atoms with Gasteiger partial charge < -0.3 is 9.84 Å². The lowest BCUT2D eigenvalue weighted by atomic mass is 10.0. The van der Waals surface area contributed by atoms with Gasteiger partial charge in [0, 0.05) is 18.2 Å². The second-order valence-corrected chi connectivity index (χ2v) is 5.56. The number of aliphatic carboxylic acids is 1. The standard InChI is InChI=1S/C17H23NO3/c1-13-11-14(2)15(5-6-17(19)20)16(12-13)21-10-9-18-7-3-4-8-18/h5-6,11-12H,3-4,7-10H2,1-2H3,(H,19,20)/b6-5+. The first kappa shape index (κ1) is 15.6. The molecular formula is C17H23NO3. The minimum absolute atomic E-state index is 0.636. The van der Waals surface area contributed by atoms with E-state index in [0.29, 0.717) is 6.61 Å². The average molecular weight is 289 g/mol. The first-order valence-electron chi connectivity index (χ1n) is 7.43. The Morgan fingerprint density at radius 3 is 2.71 bits per heavy atom. The molecular weight excluding hydrogens is 266 g/mol. The minimum Gasteiger partial charge on any atom is -0.492 e. The highest BCUT2D eigenvalue weighted by Gasteiger charge is 2.12. The Balaban J connectivity index is 2.06. The SMILES string of the molecule is Cc1cc(C)c(/C=C/C(=O)O)c(OCCN2CCCC2)c1. The molecule has 0 aliphatic carbocycles. The molecule has 0 bridgehead atoms. The molecule has 1 heterocycles. The van der Waals surface area contributed by atoms with Crippen LogP contribution in [-0.4, -0.2) is 42.2 Å². The summed E-state index contributed by atoms with van der Waals surface area (Å²) in [7, 11) is 0. The summed E-state index contributed by atoms with van der Waals surface area (Å²) in [4.78, 5) is 13.1. The van der Waals surface area contributed by atoms with Gasteiger partial charge in [0.25, 0.3) is 0 Å². The van der Waals surface area contributed by atoms with Crippen LogP contribution in [-0.2, 0) is 4.79 Å². The molecule has 114 valence electrons. The molecule has 0 unspecified atom stereocenters. The fraction of sp³-hybridized carbons (Fsp3) is 0.471. The Labute approximate surface area is 126 Å². The summed E-state index contributed by atoms with van der Waals surface area (Å²) in [6.07, 6.45) is 5.32. The summed E-state index contributed by atoms with van der Waals surface area (Å²) < 4.78 is 5.91. The largest absolute Gasteiger partial charge is 0.492 e. The molecule has 4 nitrogen and oxygen atoms in total. The van der Waals surface area contributed by atoms with E-state index in [1.54, 1.807) is 6.08 Å². The first-order chi connectivity index (χ1) is 10.1. The minimum atomic E-state index is -0.946. The molecule has 0 amide bonds. The molecule has 1 aromatic rings. The number of carboxylic acid groups (broad SMARTS) is 1. The van der Waals surface area contributed by atoms with Gasteiger partial charge in [0.2, 0.25) is 0 Å². The van der Waals surface area contributed by atoms with Gasteiger partial charge in [-0.1, -0.05) is 6.07 Å². The molecule has 4 heteroatoms. The maximum Gasteiger partial charge on any atom is 0.328 e. The van der Waals surface area contributed by atoms with Crippen LogP contribution in [0.2, 0.25) is 0 Å². The van der Waals surface area contributed by atoms with Crippen molar-refractivity contribution in [2.24, 2.45) is 0 Å². The number of benzene rings is 1. The van der Waals surface area contributed by atoms with E-state index < -0.39 is 5.97 Å². The fourth-order valence-corrected chi connectivity index (χ4v) is 2.72. The lowest BCUT2D eigenvalue weighted by Crippen LogP contribution is -2.25. The molecule has 0 radical (unpaired) electrons. The molecule has 0 spiro atoms. The second kappa shape index (κ2) is 7.27. The zero-order valence-electron chi connectivity index (χ0n) is 12.8. The van der Waals surface area contributed by atoms with Crippen LogP contribution in [0.1, 0.15) is 29.5 Å². The van der Waals surface area contributed by atoms with E-state index in [-0.39, 0.29) is 0 Å². The van der Waals surface area contributed by atoms with Crippen molar-refractivity contribution in [2.75, 3.05) is 26.2 Å². The number of carboxylic acids is 1. The van der Waals surface area contributed by atoms with Crippen LogP contribution in [0.4, 0.5) is 0 Å². The number of hydrogen-bond acceptors (Lipinski definition) is 3. The van der Waals surface area contributed by atoms with Gasteiger partial charge in [-0.3, -0.25) is 4.90 Å². The normalized spacial score (nSPS) is 15.7. The fourth-order valence-electron chi connectivity index (χ4n) is 2.72. The van der Waals surface area contributed by atoms with Crippen LogP contribution in [0.25, 0.3) is 6.08 Å². The third-order valence-corrected chi connectivity index (χ3v) is 3.75. The molecule has 21 heavy (non-hydrogen) atoms. The highest BCUT2D eigenvalue weighted by Crippen LogP contribution is 2.26. The summed E-state index contributed by atoms with van der Waals surface area (Å²) in [5.41, 5.74) is 3.00. The van der Waals surface area contributed by atoms with Crippen molar-refractivity contribution in [1.82, 2.24) is 4.90 Å². The van der Waals surface area contributed by atoms with E-state index in [9.17, 15) is 4.79 Å². The maximum atomic E-state index is 10.7. The zero-order chi connectivity index (χ0) is 15.2. The number of carbonyl (C=O) groups is 1. The van der Waals surface area contributed by atoms with Crippen LogP contribution in [0, 0.1) is 13.8 Å². The van der Waals surface area contributed by atoms with Crippen LogP contribution in [0.3, 0.4) is 0 Å². The van der Waals surface area contributed by atoms with E-state index in [1.807, 2.05) is 26.0 Å². The molecule has 2 rings (SSSR count). The van der Waals surface area contributed by atoms with Crippen molar-refractivity contribution in [3.05, 3.63) is 34.9 Å². The van der Waals surface area contributed by atoms with Crippen LogP contribution in [0.15, 0.2) is 18.2 Å². The zero-order valence-corrected chi connectivity index (χ0v) is 12.8. The molecule has 1 saturated heterocycles. The van der Waals surface area contributed by atoms with E-state index in [2.05, 4.69) is 4.90 Å². The van der Waals surface area contributed by atoms with Crippen LogP contribution in [0.5, 0.6) is 5.75 Å². The summed E-state index contributed by atoms with van der Waals surface area (Å²) in [6, 6.07) is 4.01. The number of hydrogen-bond donors (Lipinski definition) is 1. The van der Waals surface area contributed by atoms with Gasteiger partial charge in [-0.2, -0.15) is 0 Å². The number of nitrogens with zero attached hydrogens (tertiary/aromatic N) is 1. The predicted octanol–water partition coefficient (Wildman–Crippen LogP) is 2.88. The Morgan fingerprint density at radius 2 is 2.05 bits per heavy atom. The van der Waals surface area contributed by atoms with E-state index >= 15 is 0 Å². The summed E-state index contributed by atoms with van der Waals surface area (Å²) in [5.74, 6) is -0.179. The average Bonchev–Trinajstić information content (AvgIpc) is 2.90. The smallest absolute Gasteiger partial charge is 0.328 e. The summed E-state index contributed by atoms with van der Waals surface area (Å²) in [6.45, 7) is 7.86. The van der Waals surface area contributed by atoms with Gasteiger partial charge in [0.15, 0.2) is 0 Å². The molecule has 0 saturated carbocycles. The second-order valence-electron chi connectivity index (χ2n) is 5.56. The Bertz CT molecular complexity index is 531. The first-order valence-corrected chi connectivity index (χ1v) is 7.43. The van der Waals surface area contributed by atoms with Gasteiger partial charge in [-0.25, -0.2) is 4.79 Å². The van der Waals surface area contributed by atoms with E-state index in [0.717, 1.165) is 48.2 Å². The van der Waals surface area contributed by atoms with Crippen molar-refractivity contribution in [2.45, 2.75) is 26.7 Å². The maximum absolute atomic E-state index is 10.7. The highest BCUT2D eigenvalue weighted by atomic mass is 16.5. The monoisotopic (exact) mass is 289 g/mol. The number of ether oxygens (including phenoxy) is 1. The quantitative estimate of drug-likeness (QED) is 0.818. The Hall–Kier alpha value is -1.81. The van der Waals surface area contributed by atoms with Gasteiger partial charge in [-0.05, 0) is 63.0 Å². The van der Waals surface area contributed by atoms with Gasteiger partial charge in [0.1, 0.15) is 12.4 Å². The van der Waals surface area contributed by atoms with Crippen molar-refractivity contribution >= 4 is 12.0 Å². The van der Waals surface area contributed by atoms with Crippen LogP contribution < -0.4 is 4.74 Å². The Morgan fingerprint density at radius 1 is 1.33 bits per heavy atom. The third-order valence-electron chi connectivity index (χ3n) is 3.75. The van der Waals surface area contributed by atoms with Gasteiger partial charge in [0.05, 0.1) is 0 Å². The van der Waals surface area contributed by atoms with E-state index in [4.69, 9.17) is 9.84 Å². The highest BCUT2D eigenvalue weighted by molar-refractivity contribution is 5.86. The lowest BCUT2D eigenvalue weighted by Gasteiger charge is -2.17. The number of likely N-dealkylation sites (tertiary alicyclic amines) is 1.